The summed E-state index contributed by atoms with van der Waals surface area (Å²) in [5, 5.41) is 12.3. The van der Waals surface area contributed by atoms with E-state index in [9.17, 15) is 9.90 Å². The Labute approximate surface area is 121 Å². The first-order chi connectivity index (χ1) is 9.06. The van der Waals surface area contributed by atoms with Gasteiger partial charge in [-0.2, -0.15) is 12.6 Å². The molecule has 2 unspecified atom stereocenters. The van der Waals surface area contributed by atoms with Crippen molar-refractivity contribution in [1.82, 2.24) is 5.32 Å². The number of thiol groups is 1. The van der Waals surface area contributed by atoms with E-state index in [0.29, 0.717) is 11.3 Å². The van der Waals surface area contributed by atoms with Gasteiger partial charge in [0.25, 0.3) is 0 Å². The van der Waals surface area contributed by atoms with Crippen LogP contribution < -0.4 is 11.1 Å². The van der Waals surface area contributed by atoms with Gasteiger partial charge in [-0.3, -0.25) is 4.79 Å². The van der Waals surface area contributed by atoms with Crippen LogP contribution in [0.5, 0.6) is 0 Å². The second-order valence-corrected chi connectivity index (χ2v) is 3.48. The lowest BCUT2D eigenvalue weighted by atomic mass is 10.0. The summed E-state index contributed by atoms with van der Waals surface area (Å²) in [5.41, 5.74) is 6.58. The van der Waals surface area contributed by atoms with E-state index in [1.165, 1.54) is 0 Å². The summed E-state index contributed by atoms with van der Waals surface area (Å²) >= 11 is 3.53. The van der Waals surface area contributed by atoms with Crippen molar-refractivity contribution in [1.29, 1.82) is 0 Å². The summed E-state index contributed by atoms with van der Waals surface area (Å²) in [4.78, 5) is 11.4. The SMILES string of the molecule is C=C1/C(=C\C=C/C)NC(=O)C(N)CC1O.CC.CS. The Morgan fingerprint density at radius 2 is 2.00 bits per heavy atom. The van der Waals surface area contributed by atoms with Gasteiger partial charge in [0.15, 0.2) is 0 Å². The summed E-state index contributed by atoms with van der Waals surface area (Å²) in [7, 11) is 0. The van der Waals surface area contributed by atoms with Gasteiger partial charge in [0.2, 0.25) is 5.91 Å². The highest BCUT2D eigenvalue weighted by atomic mass is 32.1. The maximum absolute atomic E-state index is 11.4. The Kier molecular flexibility index (Phi) is 12.8. The zero-order valence-corrected chi connectivity index (χ0v) is 13.1. The van der Waals surface area contributed by atoms with Crippen molar-refractivity contribution in [3.63, 3.8) is 0 Å². The highest BCUT2D eigenvalue weighted by Gasteiger charge is 2.26. The van der Waals surface area contributed by atoms with E-state index in [1.54, 1.807) is 18.4 Å². The zero-order valence-electron chi connectivity index (χ0n) is 12.2. The van der Waals surface area contributed by atoms with E-state index in [2.05, 4.69) is 24.5 Å². The van der Waals surface area contributed by atoms with Crippen LogP contribution in [-0.2, 0) is 4.79 Å². The minimum atomic E-state index is -0.768. The molecule has 1 aliphatic heterocycles. The summed E-state index contributed by atoms with van der Waals surface area (Å²) in [5.74, 6) is -0.288. The van der Waals surface area contributed by atoms with Gasteiger partial charge in [0.05, 0.1) is 12.1 Å². The van der Waals surface area contributed by atoms with Crippen molar-refractivity contribution in [3.05, 3.63) is 36.1 Å². The van der Waals surface area contributed by atoms with Crippen LogP contribution in [0.2, 0.25) is 0 Å². The van der Waals surface area contributed by atoms with Crippen LogP contribution in [0.1, 0.15) is 27.2 Å². The van der Waals surface area contributed by atoms with Gasteiger partial charge in [-0.05, 0) is 24.8 Å². The monoisotopic (exact) mass is 286 g/mol. The average Bonchev–Trinajstić information content (AvgIpc) is 2.54. The predicted octanol–water partition coefficient (Wildman–Crippen LogP) is 1.78. The fourth-order valence-corrected chi connectivity index (χ4v) is 1.32. The highest BCUT2D eigenvalue weighted by molar-refractivity contribution is 7.79. The fourth-order valence-electron chi connectivity index (χ4n) is 1.32. The molecule has 1 rings (SSSR count). The minimum Gasteiger partial charge on any atom is -0.388 e. The number of allylic oxidation sites excluding steroid dienone is 3. The number of aliphatic hydroxyl groups is 1. The molecule has 5 heteroatoms. The van der Waals surface area contributed by atoms with E-state index in [0.717, 1.165) is 0 Å². The first kappa shape index (κ1) is 20.3. The molecule has 0 saturated carbocycles. The third-order valence-electron chi connectivity index (χ3n) is 2.28. The average molecular weight is 286 g/mol. The maximum atomic E-state index is 11.4. The highest BCUT2D eigenvalue weighted by Crippen LogP contribution is 2.17. The third-order valence-corrected chi connectivity index (χ3v) is 2.28. The number of aliphatic hydroxyl groups excluding tert-OH is 1. The number of nitrogens with two attached hydrogens (primary N) is 1. The Bertz CT molecular complexity index is 338. The van der Waals surface area contributed by atoms with E-state index in [-0.39, 0.29) is 12.3 Å². The molecule has 4 N–H and O–H groups in total. The van der Waals surface area contributed by atoms with E-state index in [4.69, 9.17) is 5.73 Å². The Morgan fingerprint density at radius 1 is 1.47 bits per heavy atom. The van der Waals surface area contributed by atoms with Crippen LogP contribution in [0.3, 0.4) is 0 Å². The lowest BCUT2D eigenvalue weighted by Crippen LogP contribution is -2.38. The van der Waals surface area contributed by atoms with Crippen molar-refractivity contribution >= 4 is 18.5 Å². The van der Waals surface area contributed by atoms with Crippen molar-refractivity contribution < 1.29 is 9.90 Å². The van der Waals surface area contributed by atoms with Gasteiger partial charge >= 0.3 is 0 Å². The fraction of sp³-hybridized carbons (Fsp3) is 0.500. The number of carbonyl (C=O) groups excluding carboxylic acids is 1. The first-order valence-corrected chi connectivity index (χ1v) is 7.17. The third kappa shape index (κ3) is 7.20. The molecule has 1 fully saturated rings. The molecule has 1 aliphatic rings. The zero-order chi connectivity index (χ0) is 15.4. The normalized spacial score (nSPS) is 24.9. The molecule has 0 aliphatic carbocycles. The molecule has 0 spiro atoms. The number of carbonyl (C=O) groups is 1. The number of amides is 1. The van der Waals surface area contributed by atoms with E-state index >= 15 is 0 Å². The minimum absolute atomic E-state index is 0.206. The van der Waals surface area contributed by atoms with Crippen LogP contribution >= 0.6 is 12.6 Å². The molecular formula is C14H26N2O2S. The van der Waals surface area contributed by atoms with Crippen LogP contribution in [0.15, 0.2) is 36.1 Å². The quantitative estimate of drug-likeness (QED) is 0.555. The maximum Gasteiger partial charge on any atom is 0.241 e. The molecule has 1 amide bonds. The second-order valence-electron chi connectivity index (χ2n) is 3.48. The lowest BCUT2D eigenvalue weighted by molar-refractivity contribution is -0.121. The number of rotatable bonds is 1. The van der Waals surface area contributed by atoms with Crippen LogP contribution in [0.4, 0.5) is 0 Å². The smallest absolute Gasteiger partial charge is 0.241 e. The Balaban J connectivity index is 0. The molecule has 19 heavy (non-hydrogen) atoms. The van der Waals surface area contributed by atoms with Crippen molar-refractivity contribution in [3.8, 4) is 0 Å². The van der Waals surface area contributed by atoms with Gasteiger partial charge in [-0.1, -0.05) is 32.6 Å². The molecule has 2 atom stereocenters. The van der Waals surface area contributed by atoms with Crippen molar-refractivity contribution in [2.45, 2.75) is 39.3 Å². The van der Waals surface area contributed by atoms with Gasteiger partial charge in [0.1, 0.15) is 0 Å². The summed E-state index contributed by atoms with van der Waals surface area (Å²) in [6.07, 6.45) is 6.42. The van der Waals surface area contributed by atoms with Crippen molar-refractivity contribution in [2.75, 3.05) is 6.26 Å². The van der Waals surface area contributed by atoms with Crippen LogP contribution in [0.25, 0.3) is 0 Å². The second kappa shape index (κ2) is 12.0. The van der Waals surface area contributed by atoms with E-state index in [1.807, 2.05) is 26.8 Å². The van der Waals surface area contributed by atoms with Gasteiger partial charge in [-0.25, -0.2) is 0 Å². The molecule has 0 aromatic carbocycles. The number of hydrogen-bond donors (Lipinski definition) is 4. The molecule has 1 heterocycles. The van der Waals surface area contributed by atoms with Gasteiger partial charge in [0, 0.05) is 12.1 Å². The lowest BCUT2D eigenvalue weighted by Gasteiger charge is -2.11. The summed E-state index contributed by atoms with van der Waals surface area (Å²) < 4.78 is 0. The first-order valence-electron chi connectivity index (χ1n) is 6.27. The molecular weight excluding hydrogens is 260 g/mol. The number of hydrogen-bond acceptors (Lipinski definition) is 4. The largest absolute Gasteiger partial charge is 0.388 e. The molecule has 0 radical (unpaired) electrons. The summed E-state index contributed by atoms with van der Waals surface area (Å²) in [6.45, 7) is 9.60. The van der Waals surface area contributed by atoms with Crippen LogP contribution in [0, 0.1) is 0 Å². The Hall–Kier alpha value is -1.04. The topological polar surface area (TPSA) is 75.4 Å². The molecule has 1 saturated heterocycles. The molecule has 0 aromatic heterocycles. The molecule has 4 nitrogen and oxygen atoms in total. The molecule has 0 bridgehead atoms. The number of nitrogens with one attached hydrogen (secondary N) is 1. The summed E-state index contributed by atoms with van der Waals surface area (Å²) in [6, 6.07) is -0.687. The molecule has 110 valence electrons. The van der Waals surface area contributed by atoms with Crippen LogP contribution in [-0.4, -0.2) is 29.4 Å². The van der Waals surface area contributed by atoms with E-state index < -0.39 is 12.1 Å². The predicted molar refractivity (Wildman–Crippen MR) is 85.0 cm³/mol. The van der Waals surface area contributed by atoms with Crippen molar-refractivity contribution in [2.24, 2.45) is 5.73 Å². The standard InChI is InChI=1S/C11H16N2O2.C2H6.CH4S/c1-3-4-5-9-7(2)10(14)6-8(12)11(15)13-9;2*1-2/h3-5,8,10,14H,2,6,12H2,1H3,(H,13,15);1-2H3;2H,1H3/b4-3-,9-5+;;. The Morgan fingerprint density at radius 3 is 2.47 bits per heavy atom. The van der Waals surface area contributed by atoms with Gasteiger partial charge < -0.3 is 16.2 Å². The molecule has 0 aromatic rings. The van der Waals surface area contributed by atoms with Gasteiger partial charge in [-0.15, -0.1) is 0 Å².